The Labute approximate surface area is 166 Å². The molecule has 1 amide bonds. The predicted octanol–water partition coefficient (Wildman–Crippen LogP) is 3.74. The van der Waals surface area contributed by atoms with Crippen LogP contribution in [-0.2, 0) is 0 Å². The zero-order valence-corrected chi connectivity index (χ0v) is 16.0. The summed E-state index contributed by atoms with van der Waals surface area (Å²) in [6.07, 6.45) is 1.58. The predicted molar refractivity (Wildman–Crippen MR) is 111 cm³/mol. The summed E-state index contributed by atoms with van der Waals surface area (Å²) in [4.78, 5) is 30.8. The van der Waals surface area contributed by atoms with E-state index in [-0.39, 0.29) is 11.4 Å². The Bertz CT molecular complexity index is 1070. The Morgan fingerprint density at radius 2 is 1.79 bits per heavy atom. The normalized spacial score (nSPS) is 10.8. The molecule has 1 heterocycles. The van der Waals surface area contributed by atoms with Gasteiger partial charge in [-0.2, -0.15) is 10.1 Å². The van der Waals surface area contributed by atoms with Crippen molar-refractivity contribution in [3.8, 4) is 0 Å². The summed E-state index contributed by atoms with van der Waals surface area (Å²) < 4.78 is 0. The molecule has 3 aromatic rings. The van der Waals surface area contributed by atoms with Gasteiger partial charge in [0.1, 0.15) is 5.56 Å². The van der Waals surface area contributed by atoms with Crippen LogP contribution >= 0.6 is 11.6 Å². The molecule has 0 atom stereocenters. The van der Waals surface area contributed by atoms with E-state index in [0.29, 0.717) is 16.4 Å². The number of nitrogens with one attached hydrogen (secondary N) is 3. The summed E-state index contributed by atoms with van der Waals surface area (Å²) in [5.41, 5.74) is 5.25. The zero-order chi connectivity index (χ0) is 20.1. The highest BCUT2D eigenvalue weighted by Crippen LogP contribution is 2.18. The summed E-state index contributed by atoms with van der Waals surface area (Å²) >= 11 is 5.86. The second kappa shape index (κ2) is 8.49. The minimum Gasteiger partial charge on any atom is -0.322 e. The molecule has 28 heavy (non-hydrogen) atoms. The number of carbonyl (C=O) groups is 1. The molecule has 0 radical (unpaired) electrons. The van der Waals surface area contributed by atoms with E-state index in [9.17, 15) is 9.59 Å². The molecule has 0 aliphatic heterocycles. The number of amides is 1. The smallest absolute Gasteiger partial charge is 0.322 e. The van der Waals surface area contributed by atoms with Gasteiger partial charge < -0.3 is 10.3 Å². The highest BCUT2D eigenvalue weighted by molar-refractivity contribution is 6.30. The molecular formula is C20H18ClN5O2. The lowest BCUT2D eigenvalue weighted by molar-refractivity contribution is 0.102. The average molecular weight is 396 g/mol. The molecule has 0 bridgehead atoms. The average Bonchev–Trinajstić information content (AvgIpc) is 2.64. The number of halogens is 1. The van der Waals surface area contributed by atoms with Crippen LogP contribution < -0.4 is 16.4 Å². The number of rotatable bonds is 5. The van der Waals surface area contributed by atoms with Crippen LogP contribution in [0.5, 0.6) is 0 Å². The van der Waals surface area contributed by atoms with E-state index in [1.54, 1.807) is 37.4 Å². The van der Waals surface area contributed by atoms with Crippen LogP contribution in [0, 0.1) is 13.8 Å². The van der Waals surface area contributed by atoms with Gasteiger partial charge in [0.2, 0.25) is 0 Å². The fraction of sp³-hybridized carbons (Fsp3) is 0.100. The highest BCUT2D eigenvalue weighted by atomic mass is 35.5. The number of aromatic nitrogens is 2. The molecule has 0 fully saturated rings. The standard InChI is InChI=1S/C20H18ClN5O2/c1-12-3-5-14(6-4-12)11-22-26-18-17(13(2)23-20(28)25-18)19(27)24-16-9-7-15(21)8-10-16/h3-11H,1-2H3,(H,24,27)(H2,23,25,26,28)/b22-11-. The molecule has 2 aromatic carbocycles. The van der Waals surface area contributed by atoms with Gasteiger partial charge in [0.15, 0.2) is 5.82 Å². The van der Waals surface area contributed by atoms with Gasteiger partial charge in [-0.1, -0.05) is 41.4 Å². The van der Waals surface area contributed by atoms with E-state index in [4.69, 9.17) is 11.6 Å². The first-order valence-corrected chi connectivity index (χ1v) is 8.84. The van der Waals surface area contributed by atoms with E-state index in [1.807, 2.05) is 31.2 Å². The lowest BCUT2D eigenvalue weighted by Crippen LogP contribution is -2.22. The SMILES string of the molecule is Cc1ccc(/C=N\Nc2nc(=O)[nH]c(C)c2C(=O)Nc2ccc(Cl)cc2)cc1. The number of carbonyl (C=O) groups excluding carboxylic acids is 1. The molecule has 0 spiro atoms. The molecule has 8 heteroatoms. The summed E-state index contributed by atoms with van der Waals surface area (Å²) in [6.45, 7) is 3.61. The van der Waals surface area contributed by atoms with Crippen molar-refractivity contribution in [1.29, 1.82) is 0 Å². The maximum Gasteiger partial charge on any atom is 0.347 e. The van der Waals surface area contributed by atoms with Gasteiger partial charge in [-0.05, 0) is 43.7 Å². The molecule has 0 saturated heterocycles. The Balaban J connectivity index is 1.84. The van der Waals surface area contributed by atoms with Crippen molar-refractivity contribution in [3.05, 3.63) is 86.4 Å². The molecule has 0 unspecified atom stereocenters. The summed E-state index contributed by atoms with van der Waals surface area (Å²) in [5.74, 6) is -0.368. The molecule has 0 saturated carbocycles. The lowest BCUT2D eigenvalue weighted by atomic mass is 10.2. The first-order valence-electron chi connectivity index (χ1n) is 8.46. The van der Waals surface area contributed by atoms with Crippen molar-refractivity contribution >= 4 is 35.2 Å². The van der Waals surface area contributed by atoms with Crippen LogP contribution in [0.4, 0.5) is 11.5 Å². The minimum atomic E-state index is -0.575. The number of aromatic amines is 1. The van der Waals surface area contributed by atoms with Gasteiger partial charge in [-0.25, -0.2) is 4.79 Å². The van der Waals surface area contributed by atoms with Gasteiger partial charge in [0.25, 0.3) is 5.91 Å². The van der Waals surface area contributed by atoms with Gasteiger partial charge >= 0.3 is 5.69 Å². The van der Waals surface area contributed by atoms with E-state index >= 15 is 0 Å². The van der Waals surface area contributed by atoms with Gasteiger partial charge in [-0.3, -0.25) is 10.2 Å². The number of nitrogens with zero attached hydrogens (tertiary/aromatic N) is 2. The molecule has 3 N–H and O–H groups in total. The third-order valence-electron chi connectivity index (χ3n) is 3.91. The van der Waals surface area contributed by atoms with Crippen molar-refractivity contribution in [3.63, 3.8) is 0 Å². The van der Waals surface area contributed by atoms with E-state index in [0.717, 1.165) is 11.1 Å². The molecule has 3 rings (SSSR count). The fourth-order valence-corrected chi connectivity index (χ4v) is 2.62. The van der Waals surface area contributed by atoms with Crippen LogP contribution in [0.15, 0.2) is 58.4 Å². The van der Waals surface area contributed by atoms with Crippen LogP contribution in [0.1, 0.15) is 27.2 Å². The van der Waals surface area contributed by atoms with Crippen LogP contribution in [0.2, 0.25) is 5.02 Å². The topological polar surface area (TPSA) is 99.2 Å². The third-order valence-corrected chi connectivity index (χ3v) is 4.16. The van der Waals surface area contributed by atoms with Gasteiger partial charge in [0, 0.05) is 16.4 Å². The van der Waals surface area contributed by atoms with Crippen molar-refractivity contribution < 1.29 is 4.79 Å². The Kier molecular flexibility index (Phi) is 5.86. The van der Waals surface area contributed by atoms with E-state index in [2.05, 4.69) is 25.8 Å². The van der Waals surface area contributed by atoms with Crippen molar-refractivity contribution in [1.82, 2.24) is 9.97 Å². The van der Waals surface area contributed by atoms with Crippen LogP contribution in [-0.4, -0.2) is 22.1 Å². The summed E-state index contributed by atoms with van der Waals surface area (Å²) in [5, 5.41) is 7.41. The Morgan fingerprint density at radius 1 is 1.11 bits per heavy atom. The van der Waals surface area contributed by atoms with Gasteiger partial charge in [0.05, 0.1) is 6.21 Å². The third kappa shape index (κ3) is 4.83. The number of H-pyrrole nitrogens is 1. The van der Waals surface area contributed by atoms with Crippen molar-refractivity contribution in [2.45, 2.75) is 13.8 Å². The quantitative estimate of drug-likeness (QED) is 0.452. The van der Waals surface area contributed by atoms with Crippen molar-refractivity contribution in [2.75, 3.05) is 10.7 Å². The van der Waals surface area contributed by atoms with Crippen LogP contribution in [0.3, 0.4) is 0 Å². The molecular weight excluding hydrogens is 378 g/mol. The minimum absolute atomic E-state index is 0.0658. The van der Waals surface area contributed by atoms with Crippen LogP contribution in [0.25, 0.3) is 0 Å². The number of hydrogen-bond acceptors (Lipinski definition) is 5. The maximum absolute atomic E-state index is 12.7. The Morgan fingerprint density at radius 3 is 2.46 bits per heavy atom. The lowest BCUT2D eigenvalue weighted by Gasteiger charge is -2.11. The molecule has 142 valence electrons. The first-order chi connectivity index (χ1) is 13.4. The zero-order valence-electron chi connectivity index (χ0n) is 15.3. The summed E-state index contributed by atoms with van der Waals surface area (Å²) in [7, 11) is 0. The van der Waals surface area contributed by atoms with Gasteiger partial charge in [-0.15, -0.1) is 0 Å². The first kappa shape index (κ1) is 19.3. The maximum atomic E-state index is 12.7. The fourth-order valence-electron chi connectivity index (χ4n) is 2.49. The van der Waals surface area contributed by atoms with E-state index < -0.39 is 11.6 Å². The summed E-state index contributed by atoms with van der Waals surface area (Å²) in [6, 6.07) is 14.4. The number of hydrogen-bond donors (Lipinski definition) is 3. The number of benzene rings is 2. The number of anilines is 2. The second-order valence-corrected chi connectivity index (χ2v) is 6.57. The molecule has 7 nitrogen and oxygen atoms in total. The second-order valence-electron chi connectivity index (χ2n) is 6.13. The van der Waals surface area contributed by atoms with E-state index in [1.165, 1.54) is 0 Å². The highest BCUT2D eigenvalue weighted by Gasteiger charge is 2.17. The number of hydrazone groups is 1. The largest absolute Gasteiger partial charge is 0.347 e. The molecule has 1 aromatic heterocycles. The molecule has 0 aliphatic carbocycles. The molecule has 0 aliphatic rings. The van der Waals surface area contributed by atoms with Crippen molar-refractivity contribution in [2.24, 2.45) is 5.10 Å². The Hall–Kier alpha value is -3.45. The number of aryl methyl sites for hydroxylation is 2. The monoisotopic (exact) mass is 395 g/mol.